The zero-order valence-corrected chi connectivity index (χ0v) is 15.2. The lowest BCUT2D eigenvalue weighted by Crippen LogP contribution is -2.00. The third-order valence-corrected chi connectivity index (χ3v) is 4.99. The minimum absolute atomic E-state index is 0.0189. The van der Waals surface area contributed by atoms with Gasteiger partial charge in [-0.05, 0) is 60.7 Å². The first kappa shape index (κ1) is 18.7. The van der Waals surface area contributed by atoms with Crippen LogP contribution in [-0.4, -0.2) is 21.5 Å². The quantitative estimate of drug-likeness (QED) is 0.332. The number of pyridine rings is 2. The van der Waals surface area contributed by atoms with Crippen molar-refractivity contribution in [1.82, 2.24) is 9.97 Å². The Morgan fingerprint density at radius 1 is 1.07 bits per heavy atom. The molecule has 0 fully saturated rings. The molecule has 0 aliphatic heterocycles. The Morgan fingerprint density at radius 3 is 2.52 bits per heavy atom. The van der Waals surface area contributed by atoms with Crippen LogP contribution < -0.4 is 0 Å². The molecule has 0 spiro atoms. The molecule has 134 valence electrons. The van der Waals surface area contributed by atoms with Crippen molar-refractivity contribution < 1.29 is 9.18 Å². The van der Waals surface area contributed by atoms with Gasteiger partial charge < -0.3 is 0 Å². The monoisotopic (exact) mass is 377 g/mol. The van der Waals surface area contributed by atoms with Crippen LogP contribution in [0.4, 0.5) is 4.39 Å². The Balaban J connectivity index is 1.61. The zero-order valence-electron chi connectivity index (χ0n) is 14.4. The van der Waals surface area contributed by atoms with Crippen LogP contribution in [0.25, 0.3) is 11.3 Å². The van der Waals surface area contributed by atoms with Crippen LogP contribution in [-0.2, 0) is 0 Å². The van der Waals surface area contributed by atoms with Crippen molar-refractivity contribution in [3.05, 3.63) is 77.9 Å². The van der Waals surface area contributed by atoms with E-state index in [0.717, 1.165) is 11.3 Å². The van der Waals surface area contributed by atoms with E-state index in [1.165, 1.54) is 36.0 Å². The molecule has 0 N–H and O–H groups in total. The second-order valence-electron chi connectivity index (χ2n) is 5.78. The van der Waals surface area contributed by atoms with Gasteiger partial charge in [0.15, 0.2) is 5.78 Å². The van der Waals surface area contributed by atoms with Gasteiger partial charge in [0.25, 0.3) is 0 Å². The molecule has 6 heteroatoms. The molecule has 27 heavy (non-hydrogen) atoms. The number of rotatable bonds is 7. The summed E-state index contributed by atoms with van der Waals surface area (Å²) in [5, 5.41) is 9.95. The van der Waals surface area contributed by atoms with Gasteiger partial charge >= 0.3 is 0 Å². The van der Waals surface area contributed by atoms with Gasteiger partial charge in [-0.15, -0.1) is 11.8 Å². The minimum atomic E-state index is -0.355. The van der Waals surface area contributed by atoms with Crippen molar-refractivity contribution >= 4 is 17.5 Å². The summed E-state index contributed by atoms with van der Waals surface area (Å²) in [6.45, 7) is 0. The fourth-order valence-electron chi connectivity index (χ4n) is 2.50. The Kier molecular flexibility index (Phi) is 6.29. The molecule has 0 amide bonds. The van der Waals surface area contributed by atoms with Crippen molar-refractivity contribution in [2.24, 2.45) is 0 Å². The van der Waals surface area contributed by atoms with Gasteiger partial charge in [-0.2, -0.15) is 5.26 Å². The molecular weight excluding hydrogens is 361 g/mol. The van der Waals surface area contributed by atoms with Crippen LogP contribution >= 0.6 is 11.8 Å². The normalized spacial score (nSPS) is 10.4. The number of nitrogens with zero attached hydrogens (tertiary/aromatic N) is 3. The van der Waals surface area contributed by atoms with E-state index in [1.54, 1.807) is 18.5 Å². The van der Waals surface area contributed by atoms with Gasteiger partial charge in [-0.3, -0.25) is 9.78 Å². The highest BCUT2D eigenvalue weighted by molar-refractivity contribution is 7.99. The molecule has 1 aromatic carbocycles. The highest BCUT2D eigenvalue weighted by atomic mass is 32.2. The number of thioether (sulfide) groups is 1. The largest absolute Gasteiger partial charge is 0.294 e. The van der Waals surface area contributed by atoms with E-state index in [2.05, 4.69) is 16.0 Å². The summed E-state index contributed by atoms with van der Waals surface area (Å²) >= 11 is 1.46. The van der Waals surface area contributed by atoms with Crippen LogP contribution in [0.5, 0.6) is 0 Å². The predicted molar refractivity (Wildman–Crippen MR) is 103 cm³/mol. The van der Waals surface area contributed by atoms with Crippen LogP contribution in [0.2, 0.25) is 0 Å². The van der Waals surface area contributed by atoms with E-state index in [-0.39, 0.29) is 11.6 Å². The Hall–Kier alpha value is -3.04. The molecule has 2 heterocycles. The number of carbonyl (C=O) groups excluding carboxylic acids is 1. The molecule has 0 saturated carbocycles. The molecule has 3 rings (SSSR count). The van der Waals surface area contributed by atoms with Gasteiger partial charge in [0.05, 0.1) is 11.3 Å². The topological polar surface area (TPSA) is 66.6 Å². The number of halogens is 1. The highest BCUT2D eigenvalue weighted by Gasteiger charge is 2.10. The molecule has 0 bridgehead atoms. The summed E-state index contributed by atoms with van der Waals surface area (Å²) in [7, 11) is 0. The average Bonchev–Trinajstić information content (AvgIpc) is 2.72. The third-order valence-electron chi connectivity index (χ3n) is 3.91. The molecule has 0 aliphatic rings. The van der Waals surface area contributed by atoms with Crippen LogP contribution in [0.1, 0.15) is 28.8 Å². The fourth-order valence-corrected chi connectivity index (χ4v) is 3.41. The molecule has 2 aromatic heterocycles. The Labute approximate surface area is 161 Å². The first-order valence-electron chi connectivity index (χ1n) is 8.40. The summed E-state index contributed by atoms with van der Waals surface area (Å²) in [4.78, 5) is 20.7. The third kappa shape index (κ3) is 4.99. The first-order chi connectivity index (χ1) is 13.2. The number of hydrogen-bond acceptors (Lipinski definition) is 5. The van der Waals surface area contributed by atoms with Crippen LogP contribution in [0.3, 0.4) is 0 Å². The number of hydrogen-bond donors (Lipinski definition) is 0. The highest BCUT2D eigenvalue weighted by Crippen LogP contribution is 2.26. The molecule has 3 aromatic rings. The zero-order chi connectivity index (χ0) is 19.1. The number of nitriles is 1. The van der Waals surface area contributed by atoms with Crippen molar-refractivity contribution in [3.63, 3.8) is 0 Å². The van der Waals surface area contributed by atoms with E-state index in [4.69, 9.17) is 0 Å². The van der Waals surface area contributed by atoms with Crippen LogP contribution in [0, 0.1) is 17.1 Å². The number of ketones is 1. The number of carbonyl (C=O) groups is 1. The predicted octanol–water partition coefficient (Wildman–Crippen LogP) is 4.91. The average molecular weight is 377 g/mol. The maximum Gasteiger partial charge on any atom is 0.162 e. The minimum Gasteiger partial charge on any atom is -0.294 e. The molecule has 0 radical (unpaired) electrons. The van der Waals surface area contributed by atoms with E-state index in [9.17, 15) is 14.4 Å². The Bertz CT molecular complexity index is 969. The Morgan fingerprint density at radius 2 is 1.81 bits per heavy atom. The van der Waals surface area contributed by atoms with Gasteiger partial charge in [-0.1, -0.05) is 0 Å². The fraction of sp³-hybridized carbons (Fsp3) is 0.143. The van der Waals surface area contributed by atoms with Crippen LogP contribution in [0.15, 0.2) is 66.0 Å². The lowest BCUT2D eigenvalue weighted by atomic mass is 10.1. The number of benzene rings is 1. The second-order valence-corrected chi connectivity index (χ2v) is 6.86. The van der Waals surface area contributed by atoms with Gasteiger partial charge in [0.1, 0.15) is 16.9 Å². The first-order valence-corrected chi connectivity index (χ1v) is 9.39. The molecule has 0 aliphatic carbocycles. The molecular formula is C21H16FN3OS. The van der Waals surface area contributed by atoms with E-state index in [0.29, 0.717) is 34.7 Å². The summed E-state index contributed by atoms with van der Waals surface area (Å²) in [5.74, 6) is 0.287. The van der Waals surface area contributed by atoms with Gasteiger partial charge in [0, 0.05) is 29.9 Å². The molecule has 4 nitrogen and oxygen atoms in total. The van der Waals surface area contributed by atoms with E-state index in [1.807, 2.05) is 18.2 Å². The summed E-state index contributed by atoms with van der Waals surface area (Å²) < 4.78 is 12.9. The summed E-state index contributed by atoms with van der Waals surface area (Å²) in [6, 6.07) is 15.0. The van der Waals surface area contributed by atoms with E-state index >= 15 is 0 Å². The lowest BCUT2D eigenvalue weighted by molar-refractivity contribution is 0.0982. The van der Waals surface area contributed by atoms with Crippen molar-refractivity contribution in [3.8, 4) is 17.3 Å². The summed E-state index contributed by atoms with van der Waals surface area (Å²) in [6.07, 6.45) is 4.41. The van der Waals surface area contributed by atoms with Gasteiger partial charge in [-0.25, -0.2) is 9.37 Å². The van der Waals surface area contributed by atoms with Crippen molar-refractivity contribution in [1.29, 1.82) is 5.26 Å². The standard InChI is InChI=1S/C21H16FN3OS/c22-18-6-3-16(4-7-18)20(26)2-1-13-27-21-17(14-23)5-8-19(25-21)15-9-11-24-12-10-15/h3-12H,1-2,13H2. The van der Waals surface area contributed by atoms with Crippen molar-refractivity contribution in [2.75, 3.05) is 5.75 Å². The second kappa shape index (κ2) is 9.06. The smallest absolute Gasteiger partial charge is 0.162 e. The number of Topliss-reactive ketones (excluding diaryl/α,β-unsaturated/α-hetero) is 1. The lowest BCUT2D eigenvalue weighted by Gasteiger charge is -2.07. The SMILES string of the molecule is N#Cc1ccc(-c2ccncc2)nc1SCCCC(=O)c1ccc(F)cc1. The summed E-state index contributed by atoms with van der Waals surface area (Å²) in [5.41, 5.74) is 2.74. The molecule has 0 atom stereocenters. The molecule has 0 unspecified atom stereocenters. The van der Waals surface area contributed by atoms with Crippen molar-refractivity contribution in [2.45, 2.75) is 17.9 Å². The molecule has 0 saturated heterocycles. The number of aromatic nitrogens is 2. The maximum atomic E-state index is 12.9. The maximum absolute atomic E-state index is 12.9. The van der Waals surface area contributed by atoms with Gasteiger partial charge in [0.2, 0.25) is 0 Å². The van der Waals surface area contributed by atoms with E-state index < -0.39 is 0 Å².